The maximum absolute atomic E-state index is 13.3. The van der Waals surface area contributed by atoms with Crippen LogP contribution in [0.3, 0.4) is 0 Å². The molecule has 0 aliphatic carbocycles. The van der Waals surface area contributed by atoms with Crippen LogP contribution in [0.2, 0.25) is 0 Å². The fourth-order valence-electron chi connectivity index (χ4n) is 3.68. The number of amides is 1. The van der Waals surface area contributed by atoms with E-state index < -0.39 is 0 Å². The van der Waals surface area contributed by atoms with Crippen LogP contribution < -0.4 is 0 Å². The average molecular weight is 376 g/mol. The predicted molar refractivity (Wildman–Crippen MR) is 106 cm³/mol. The molecule has 1 amide bonds. The summed E-state index contributed by atoms with van der Waals surface area (Å²) in [4.78, 5) is 18.5. The van der Waals surface area contributed by atoms with Gasteiger partial charge in [-0.25, -0.2) is 4.39 Å². The fraction of sp³-hybridized carbons (Fsp3) is 0.227. The van der Waals surface area contributed by atoms with Crippen molar-refractivity contribution in [1.82, 2.24) is 19.7 Å². The van der Waals surface area contributed by atoms with Gasteiger partial charge in [-0.3, -0.25) is 14.5 Å². The van der Waals surface area contributed by atoms with Crippen LogP contribution in [0.4, 0.5) is 4.39 Å². The number of carbonyl (C=O) groups excluding carboxylic acids is 1. The molecule has 28 heavy (non-hydrogen) atoms. The first kappa shape index (κ1) is 18.1. The highest BCUT2D eigenvalue weighted by atomic mass is 19.1. The average Bonchev–Trinajstić information content (AvgIpc) is 3.37. The Bertz CT molecular complexity index is 1030. The lowest BCUT2D eigenvalue weighted by Crippen LogP contribution is -2.26. The molecule has 3 heterocycles. The predicted octanol–water partition coefficient (Wildman–Crippen LogP) is 3.79. The summed E-state index contributed by atoms with van der Waals surface area (Å²) in [5, 5.41) is 4.55. The number of hydrogen-bond donors (Lipinski definition) is 0. The fourth-order valence-corrected chi connectivity index (χ4v) is 3.68. The Labute approximate surface area is 163 Å². The summed E-state index contributed by atoms with van der Waals surface area (Å²) >= 11 is 0. The molecule has 4 rings (SSSR count). The number of aromatic nitrogens is 3. The minimum atomic E-state index is -0.267. The first-order valence-corrected chi connectivity index (χ1v) is 9.22. The highest BCUT2D eigenvalue weighted by Crippen LogP contribution is 2.35. The van der Waals surface area contributed by atoms with Crippen LogP contribution in [0.5, 0.6) is 0 Å². The molecule has 0 unspecified atom stereocenters. The van der Waals surface area contributed by atoms with Crippen LogP contribution >= 0.6 is 0 Å². The van der Waals surface area contributed by atoms with Crippen LogP contribution in [-0.4, -0.2) is 38.7 Å². The number of hydrogen-bond acceptors (Lipinski definition) is 3. The van der Waals surface area contributed by atoms with Crippen LogP contribution in [0, 0.1) is 5.82 Å². The molecule has 0 saturated carbocycles. The van der Waals surface area contributed by atoms with Crippen molar-refractivity contribution in [2.24, 2.45) is 7.05 Å². The molecule has 0 bridgehead atoms. The third-order valence-electron chi connectivity index (χ3n) is 5.15. The van der Waals surface area contributed by atoms with Gasteiger partial charge in [0.25, 0.3) is 0 Å². The maximum atomic E-state index is 13.3. The van der Waals surface area contributed by atoms with Gasteiger partial charge in [0.2, 0.25) is 5.91 Å². The van der Waals surface area contributed by atoms with E-state index in [1.54, 1.807) is 21.7 Å². The number of carbonyl (C=O) groups is 1. The van der Waals surface area contributed by atoms with Crippen LogP contribution in [-0.2, 0) is 11.8 Å². The minimum absolute atomic E-state index is 0.0511. The van der Waals surface area contributed by atoms with E-state index in [0.29, 0.717) is 13.1 Å². The Morgan fingerprint density at radius 1 is 1.25 bits per heavy atom. The van der Waals surface area contributed by atoms with E-state index in [-0.39, 0.29) is 17.6 Å². The zero-order valence-corrected chi connectivity index (χ0v) is 15.7. The lowest BCUT2D eigenvalue weighted by Gasteiger charge is -2.17. The van der Waals surface area contributed by atoms with Crippen LogP contribution in [0.1, 0.15) is 18.0 Å². The third-order valence-corrected chi connectivity index (χ3v) is 5.15. The molecular weight excluding hydrogens is 355 g/mol. The largest absolute Gasteiger partial charge is 0.338 e. The van der Waals surface area contributed by atoms with Crippen molar-refractivity contribution in [3.05, 3.63) is 73.0 Å². The van der Waals surface area contributed by atoms with Gasteiger partial charge in [-0.1, -0.05) is 18.7 Å². The Kier molecular flexibility index (Phi) is 4.77. The van der Waals surface area contributed by atoms with Crippen LogP contribution in [0.15, 0.2) is 61.4 Å². The Morgan fingerprint density at radius 3 is 2.71 bits per heavy atom. The second-order valence-electron chi connectivity index (χ2n) is 7.01. The van der Waals surface area contributed by atoms with E-state index in [9.17, 15) is 9.18 Å². The first-order valence-electron chi connectivity index (χ1n) is 9.22. The number of rotatable bonds is 4. The number of benzene rings is 1. The standard InChI is InChI=1S/C22H21FN4O/c1-3-21(28)27-11-8-16(14-27)22-19(20-9-10-26(2)25-20)12-17(13-24-22)15-4-6-18(23)7-5-15/h3-7,9-10,12-13,16H,1,8,11,14H2,2H3/t16-/m1/s1. The highest BCUT2D eigenvalue weighted by molar-refractivity contribution is 5.87. The molecule has 142 valence electrons. The number of nitrogens with zero attached hydrogens (tertiary/aromatic N) is 4. The molecule has 0 N–H and O–H groups in total. The van der Waals surface area contributed by atoms with Gasteiger partial charge in [0, 0.05) is 49.6 Å². The van der Waals surface area contributed by atoms with Crippen molar-refractivity contribution < 1.29 is 9.18 Å². The van der Waals surface area contributed by atoms with Gasteiger partial charge in [0.05, 0.1) is 11.4 Å². The monoisotopic (exact) mass is 376 g/mol. The molecule has 0 spiro atoms. The SMILES string of the molecule is C=CC(=O)N1CC[C@@H](c2ncc(-c3ccc(F)cc3)cc2-c2ccn(C)n2)C1. The summed E-state index contributed by atoms with van der Waals surface area (Å²) in [6.45, 7) is 4.89. The van der Waals surface area contributed by atoms with E-state index in [4.69, 9.17) is 4.98 Å². The van der Waals surface area contributed by atoms with Crippen molar-refractivity contribution in [3.8, 4) is 22.4 Å². The lowest BCUT2D eigenvalue weighted by molar-refractivity contribution is -0.125. The van der Waals surface area contributed by atoms with Gasteiger partial charge < -0.3 is 4.90 Å². The second-order valence-corrected chi connectivity index (χ2v) is 7.01. The topological polar surface area (TPSA) is 51.0 Å². The van der Waals surface area contributed by atoms with Gasteiger partial charge in [-0.15, -0.1) is 0 Å². The van der Waals surface area contributed by atoms with Crippen molar-refractivity contribution >= 4 is 5.91 Å². The summed E-state index contributed by atoms with van der Waals surface area (Å²) in [6, 6.07) is 10.4. The molecule has 1 atom stereocenters. The van der Waals surface area contributed by atoms with E-state index in [2.05, 4.69) is 17.7 Å². The number of halogens is 1. The molecule has 1 saturated heterocycles. The summed E-state index contributed by atoms with van der Waals surface area (Å²) in [6.07, 6.45) is 5.91. The van der Waals surface area contributed by atoms with Crippen LogP contribution in [0.25, 0.3) is 22.4 Å². The number of pyridine rings is 1. The zero-order valence-electron chi connectivity index (χ0n) is 15.7. The molecule has 5 nitrogen and oxygen atoms in total. The molecule has 1 fully saturated rings. The van der Waals surface area contributed by atoms with Crippen molar-refractivity contribution in [1.29, 1.82) is 0 Å². The lowest BCUT2D eigenvalue weighted by atomic mass is 9.95. The summed E-state index contributed by atoms with van der Waals surface area (Å²) < 4.78 is 15.0. The Balaban J connectivity index is 1.75. The van der Waals surface area contributed by atoms with E-state index in [1.807, 2.05) is 25.5 Å². The molecule has 1 aliphatic heterocycles. The molecule has 6 heteroatoms. The molecule has 1 aliphatic rings. The zero-order chi connectivity index (χ0) is 19.7. The molecule has 3 aromatic rings. The molecule has 1 aromatic carbocycles. The van der Waals surface area contributed by atoms with Gasteiger partial charge in [-0.2, -0.15) is 5.10 Å². The molecule has 2 aromatic heterocycles. The number of likely N-dealkylation sites (tertiary alicyclic amines) is 1. The summed E-state index contributed by atoms with van der Waals surface area (Å²) in [7, 11) is 1.88. The Hall–Kier alpha value is -3.28. The smallest absolute Gasteiger partial charge is 0.245 e. The van der Waals surface area contributed by atoms with Gasteiger partial charge in [0.1, 0.15) is 5.82 Å². The van der Waals surface area contributed by atoms with E-state index in [0.717, 1.165) is 34.5 Å². The molecule has 0 radical (unpaired) electrons. The normalized spacial score (nSPS) is 16.4. The van der Waals surface area contributed by atoms with Gasteiger partial charge in [-0.05, 0) is 42.3 Å². The minimum Gasteiger partial charge on any atom is -0.338 e. The quantitative estimate of drug-likeness (QED) is 0.651. The highest BCUT2D eigenvalue weighted by Gasteiger charge is 2.29. The van der Waals surface area contributed by atoms with E-state index in [1.165, 1.54) is 18.2 Å². The van der Waals surface area contributed by atoms with Crippen molar-refractivity contribution in [3.63, 3.8) is 0 Å². The maximum Gasteiger partial charge on any atom is 0.245 e. The van der Waals surface area contributed by atoms with Gasteiger partial charge >= 0.3 is 0 Å². The van der Waals surface area contributed by atoms with Gasteiger partial charge in [0.15, 0.2) is 0 Å². The molecular formula is C22H21FN4O. The second kappa shape index (κ2) is 7.38. The Morgan fingerprint density at radius 2 is 2.04 bits per heavy atom. The van der Waals surface area contributed by atoms with Crippen molar-refractivity contribution in [2.45, 2.75) is 12.3 Å². The summed E-state index contributed by atoms with van der Waals surface area (Å²) in [5.41, 5.74) is 4.51. The third kappa shape index (κ3) is 3.45. The van der Waals surface area contributed by atoms with Crippen molar-refractivity contribution in [2.75, 3.05) is 13.1 Å². The van der Waals surface area contributed by atoms with E-state index >= 15 is 0 Å². The number of aryl methyl sites for hydroxylation is 1. The summed E-state index contributed by atoms with van der Waals surface area (Å²) in [5.74, 6) is -0.177. The first-order chi connectivity index (χ1) is 13.5.